The molecule has 0 aliphatic carbocycles. The molecule has 2 saturated heterocycles. The van der Waals surface area contributed by atoms with Crippen molar-refractivity contribution in [2.75, 3.05) is 43.0 Å². The van der Waals surface area contributed by atoms with Gasteiger partial charge in [-0.15, -0.1) is 0 Å². The third-order valence-electron chi connectivity index (χ3n) is 7.19. The predicted molar refractivity (Wildman–Crippen MR) is 139 cm³/mol. The van der Waals surface area contributed by atoms with Crippen molar-refractivity contribution in [3.63, 3.8) is 0 Å². The van der Waals surface area contributed by atoms with Crippen molar-refractivity contribution in [3.05, 3.63) is 65.3 Å². The summed E-state index contributed by atoms with van der Waals surface area (Å²) in [6.07, 6.45) is 5.93. The Morgan fingerprint density at radius 3 is 2.53 bits per heavy atom. The highest BCUT2D eigenvalue weighted by molar-refractivity contribution is 6.30. The van der Waals surface area contributed by atoms with Crippen LogP contribution >= 0.6 is 11.6 Å². The third kappa shape index (κ3) is 5.61. The zero-order chi connectivity index (χ0) is 25.1. The number of halogens is 3. The first kappa shape index (κ1) is 24.9. The van der Waals surface area contributed by atoms with E-state index in [2.05, 4.69) is 20.1 Å². The minimum atomic E-state index is -0.490. The van der Waals surface area contributed by atoms with E-state index in [0.29, 0.717) is 34.3 Å². The lowest BCUT2D eigenvalue weighted by Crippen LogP contribution is -2.49. The summed E-state index contributed by atoms with van der Waals surface area (Å²) in [4.78, 5) is 14.1. The normalized spacial score (nSPS) is 19.4. The first-order valence-electron chi connectivity index (χ1n) is 12.4. The van der Waals surface area contributed by atoms with Gasteiger partial charge in [-0.1, -0.05) is 23.7 Å². The molecule has 2 aliphatic rings. The third-order valence-corrected chi connectivity index (χ3v) is 7.42. The van der Waals surface area contributed by atoms with Gasteiger partial charge in [-0.25, -0.2) is 13.8 Å². The van der Waals surface area contributed by atoms with Gasteiger partial charge in [0.25, 0.3) is 0 Å². The zero-order valence-corrected chi connectivity index (χ0v) is 20.8. The maximum atomic E-state index is 14.6. The predicted octanol–water partition coefficient (Wildman–Crippen LogP) is 5.49. The first-order chi connectivity index (χ1) is 17.5. The fraction of sp³-hybridized carbons (Fsp3) is 0.407. The Bertz CT molecular complexity index is 1190. The number of benzene rings is 2. The number of hydrogen-bond donors (Lipinski definition) is 2. The van der Waals surface area contributed by atoms with Gasteiger partial charge in [-0.05, 0) is 74.0 Å². The van der Waals surface area contributed by atoms with Crippen molar-refractivity contribution < 1.29 is 13.9 Å². The summed E-state index contributed by atoms with van der Waals surface area (Å²) < 4.78 is 28.1. The minimum Gasteiger partial charge on any atom is -0.396 e. The van der Waals surface area contributed by atoms with Gasteiger partial charge in [-0.3, -0.25) is 4.90 Å². The van der Waals surface area contributed by atoms with Crippen molar-refractivity contribution in [1.29, 1.82) is 0 Å². The van der Waals surface area contributed by atoms with Crippen molar-refractivity contribution in [1.82, 2.24) is 14.9 Å². The second-order valence-electron chi connectivity index (χ2n) is 9.59. The van der Waals surface area contributed by atoms with Crippen LogP contribution in [0.3, 0.4) is 0 Å². The molecule has 0 saturated carbocycles. The van der Waals surface area contributed by atoms with Crippen LogP contribution < -0.4 is 10.2 Å². The highest BCUT2D eigenvalue weighted by Gasteiger charge is 2.29. The standard InChI is InChI=1S/C27H30ClF2N5O/c28-20-5-8-25(24(30)14-20)32-26-23(19-3-6-21(29)7-4-19)15-31-27(33-26)34-12-9-22(10-13-34)35-11-1-2-18(16-35)17-36/h3-8,14-15,18,22,36H,1-2,9-13,16-17H2,(H,31,32,33). The Morgan fingerprint density at radius 2 is 1.81 bits per heavy atom. The molecule has 1 aromatic heterocycles. The fourth-order valence-electron chi connectivity index (χ4n) is 5.19. The molecule has 0 spiro atoms. The molecule has 1 unspecified atom stereocenters. The first-order valence-corrected chi connectivity index (χ1v) is 12.8. The summed E-state index contributed by atoms with van der Waals surface area (Å²) in [5.74, 6) is 0.563. The van der Waals surface area contributed by atoms with Crippen molar-refractivity contribution in [3.8, 4) is 11.1 Å². The van der Waals surface area contributed by atoms with E-state index in [-0.39, 0.29) is 18.1 Å². The Labute approximate surface area is 214 Å². The quantitative estimate of drug-likeness (QED) is 0.454. The highest BCUT2D eigenvalue weighted by atomic mass is 35.5. The Morgan fingerprint density at radius 1 is 1.03 bits per heavy atom. The Kier molecular flexibility index (Phi) is 7.65. The molecule has 2 aromatic carbocycles. The lowest BCUT2D eigenvalue weighted by molar-refractivity contribution is 0.0776. The van der Waals surface area contributed by atoms with E-state index in [4.69, 9.17) is 16.6 Å². The van der Waals surface area contributed by atoms with Gasteiger partial charge in [0.05, 0.1) is 5.69 Å². The number of aliphatic hydroxyl groups is 1. The molecule has 9 heteroatoms. The summed E-state index contributed by atoms with van der Waals surface area (Å²) in [6.45, 7) is 3.94. The van der Waals surface area contributed by atoms with E-state index in [0.717, 1.165) is 57.4 Å². The summed E-state index contributed by atoms with van der Waals surface area (Å²) in [6, 6.07) is 11.0. The Balaban J connectivity index is 1.37. The van der Waals surface area contributed by atoms with Gasteiger partial charge in [0.1, 0.15) is 17.5 Å². The molecule has 0 bridgehead atoms. The summed E-state index contributed by atoms with van der Waals surface area (Å²) in [5, 5.41) is 13.0. The van der Waals surface area contributed by atoms with Crippen molar-refractivity contribution in [2.45, 2.75) is 31.7 Å². The van der Waals surface area contributed by atoms with Crippen LogP contribution in [0.15, 0.2) is 48.7 Å². The maximum absolute atomic E-state index is 14.6. The molecular weight excluding hydrogens is 484 g/mol. The molecule has 0 amide bonds. The molecular formula is C27H30ClF2N5O. The number of likely N-dealkylation sites (tertiary alicyclic amines) is 1. The number of piperidine rings is 2. The molecule has 6 nitrogen and oxygen atoms in total. The average molecular weight is 514 g/mol. The maximum Gasteiger partial charge on any atom is 0.227 e. The molecule has 1 atom stereocenters. The van der Waals surface area contributed by atoms with Gasteiger partial charge in [0, 0.05) is 49.1 Å². The number of anilines is 3. The lowest BCUT2D eigenvalue weighted by Gasteiger charge is -2.42. The van der Waals surface area contributed by atoms with E-state index in [9.17, 15) is 13.9 Å². The fourth-order valence-corrected chi connectivity index (χ4v) is 5.35. The summed E-state index contributed by atoms with van der Waals surface area (Å²) in [5.41, 5.74) is 1.61. The van der Waals surface area contributed by atoms with Gasteiger partial charge >= 0.3 is 0 Å². The molecule has 3 heterocycles. The number of nitrogens with one attached hydrogen (secondary N) is 1. The number of aliphatic hydroxyl groups excluding tert-OH is 1. The van der Waals surface area contributed by atoms with Gasteiger partial charge in [0.15, 0.2) is 0 Å². The second-order valence-corrected chi connectivity index (χ2v) is 10.0. The van der Waals surface area contributed by atoms with E-state index < -0.39 is 5.82 Å². The van der Waals surface area contributed by atoms with Gasteiger partial charge in [0.2, 0.25) is 5.95 Å². The van der Waals surface area contributed by atoms with Crippen molar-refractivity contribution >= 4 is 29.1 Å². The molecule has 2 fully saturated rings. The molecule has 0 radical (unpaired) electrons. The molecule has 5 rings (SSSR count). The van der Waals surface area contributed by atoms with Crippen molar-refractivity contribution in [2.24, 2.45) is 5.92 Å². The Hall–Kier alpha value is -2.81. The lowest BCUT2D eigenvalue weighted by atomic mass is 9.94. The van der Waals surface area contributed by atoms with E-state index in [1.165, 1.54) is 18.2 Å². The van der Waals surface area contributed by atoms with Crippen LogP contribution in [-0.2, 0) is 0 Å². The second kappa shape index (κ2) is 11.1. The van der Waals surface area contributed by atoms with Gasteiger partial charge in [-0.2, -0.15) is 4.98 Å². The van der Waals surface area contributed by atoms with E-state index in [1.54, 1.807) is 30.5 Å². The van der Waals surface area contributed by atoms with Crippen LogP contribution in [0.25, 0.3) is 11.1 Å². The van der Waals surface area contributed by atoms with Crippen LogP contribution in [0, 0.1) is 17.6 Å². The highest BCUT2D eigenvalue weighted by Crippen LogP contribution is 2.32. The molecule has 2 N–H and O–H groups in total. The van der Waals surface area contributed by atoms with Crippen LogP contribution in [0.5, 0.6) is 0 Å². The SMILES string of the molecule is OCC1CCCN(C2CCN(c3ncc(-c4ccc(F)cc4)c(Nc4ccc(Cl)cc4F)n3)CC2)C1. The molecule has 2 aliphatic heterocycles. The number of rotatable bonds is 6. The average Bonchev–Trinajstić information content (AvgIpc) is 2.91. The van der Waals surface area contributed by atoms with Crippen LogP contribution in [-0.4, -0.2) is 58.8 Å². The summed E-state index contributed by atoms with van der Waals surface area (Å²) in [7, 11) is 0. The zero-order valence-electron chi connectivity index (χ0n) is 20.0. The van der Waals surface area contributed by atoms with E-state index >= 15 is 0 Å². The molecule has 36 heavy (non-hydrogen) atoms. The summed E-state index contributed by atoms with van der Waals surface area (Å²) >= 11 is 5.92. The van der Waals surface area contributed by atoms with Crippen LogP contribution in [0.4, 0.5) is 26.2 Å². The monoisotopic (exact) mass is 513 g/mol. The molecule has 190 valence electrons. The molecule has 3 aromatic rings. The van der Waals surface area contributed by atoms with Crippen LogP contribution in [0.1, 0.15) is 25.7 Å². The van der Waals surface area contributed by atoms with Gasteiger partial charge < -0.3 is 15.3 Å². The minimum absolute atomic E-state index is 0.245. The van der Waals surface area contributed by atoms with Crippen LogP contribution in [0.2, 0.25) is 5.02 Å². The number of nitrogens with zero attached hydrogens (tertiary/aromatic N) is 4. The smallest absolute Gasteiger partial charge is 0.227 e. The largest absolute Gasteiger partial charge is 0.396 e. The topological polar surface area (TPSA) is 64.5 Å². The van der Waals surface area contributed by atoms with E-state index in [1.807, 2.05) is 0 Å². The number of aromatic nitrogens is 2. The number of hydrogen-bond acceptors (Lipinski definition) is 6.